The minimum atomic E-state index is -0.991. The van der Waals surface area contributed by atoms with Gasteiger partial charge in [-0.25, -0.2) is 4.79 Å². The minimum Gasteiger partial charge on any atom is -0.493 e. The second-order valence-corrected chi connectivity index (χ2v) is 6.07. The maximum Gasteiger partial charge on any atom is 0.328 e. The second-order valence-electron chi connectivity index (χ2n) is 5.63. The van der Waals surface area contributed by atoms with Crippen LogP contribution >= 0.6 is 11.6 Å². The Kier molecular flexibility index (Phi) is 5.83. The molecule has 2 rings (SSSR count). The van der Waals surface area contributed by atoms with Crippen molar-refractivity contribution < 1.29 is 14.6 Å². The summed E-state index contributed by atoms with van der Waals surface area (Å²) in [4.78, 5) is 11.1. The van der Waals surface area contributed by atoms with Gasteiger partial charge in [-0.05, 0) is 46.9 Å². The second kappa shape index (κ2) is 7.84. The summed E-state index contributed by atoms with van der Waals surface area (Å²) in [5, 5.41) is 9.75. The van der Waals surface area contributed by atoms with Crippen LogP contribution in [0.25, 0.3) is 5.57 Å². The summed E-state index contributed by atoms with van der Waals surface area (Å²) in [5.41, 5.74) is 2.24. The molecule has 0 fully saturated rings. The van der Waals surface area contributed by atoms with Crippen LogP contribution < -0.4 is 4.74 Å². The maximum atomic E-state index is 11.1. The first-order valence-electron chi connectivity index (χ1n) is 7.39. The van der Waals surface area contributed by atoms with Crippen LogP contribution in [-0.2, 0) is 4.79 Å². The summed E-state index contributed by atoms with van der Waals surface area (Å²) in [5.74, 6) is 0.231. The van der Waals surface area contributed by atoms with E-state index in [9.17, 15) is 4.79 Å². The molecule has 0 heterocycles. The summed E-state index contributed by atoms with van der Waals surface area (Å²) in [7, 11) is 0. The van der Waals surface area contributed by atoms with Gasteiger partial charge in [-0.15, -0.1) is 0 Å². The number of carboxylic acids is 1. The zero-order chi connectivity index (χ0) is 16.8. The van der Waals surface area contributed by atoms with Crippen LogP contribution in [0.4, 0.5) is 0 Å². The normalized spacial score (nSPS) is 11.6. The molecular weight excluding hydrogens is 312 g/mol. The van der Waals surface area contributed by atoms with Crippen LogP contribution in [0.15, 0.2) is 54.6 Å². The van der Waals surface area contributed by atoms with E-state index in [2.05, 4.69) is 13.8 Å². The average molecular weight is 331 g/mol. The van der Waals surface area contributed by atoms with Gasteiger partial charge in [-0.3, -0.25) is 0 Å². The van der Waals surface area contributed by atoms with Crippen LogP contribution in [-0.4, -0.2) is 17.7 Å². The SMILES string of the molecule is CC(C)COc1ccc(/C(=C\C(=O)O)c2ccc(Cl)cc2)cc1. The van der Waals surface area contributed by atoms with Gasteiger partial charge in [-0.2, -0.15) is 0 Å². The van der Waals surface area contributed by atoms with Crippen LogP contribution in [0.3, 0.4) is 0 Å². The molecule has 23 heavy (non-hydrogen) atoms. The third kappa shape index (κ3) is 5.15. The van der Waals surface area contributed by atoms with Gasteiger partial charge in [0.15, 0.2) is 0 Å². The number of carbonyl (C=O) groups is 1. The summed E-state index contributed by atoms with van der Waals surface area (Å²) in [6.45, 7) is 4.82. The number of hydrogen-bond donors (Lipinski definition) is 1. The highest BCUT2D eigenvalue weighted by Crippen LogP contribution is 2.26. The van der Waals surface area contributed by atoms with E-state index in [4.69, 9.17) is 21.4 Å². The molecule has 0 spiro atoms. The predicted molar refractivity (Wildman–Crippen MR) is 92.9 cm³/mol. The molecule has 0 atom stereocenters. The van der Waals surface area contributed by atoms with Crippen molar-refractivity contribution in [1.29, 1.82) is 0 Å². The van der Waals surface area contributed by atoms with Crippen molar-refractivity contribution in [1.82, 2.24) is 0 Å². The standard InChI is InChI=1S/C19H19ClO3/c1-13(2)12-23-17-9-5-15(6-10-17)18(11-19(21)22)14-3-7-16(20)8-4-14/h3-11,13H,12H2,1-2H3,(H,21,22)/b18-11-. The third-order valence-electron chi connectivity index (χ3n) is 3.17. The lowest BCUT2D eigenvalue weighted by Crippen LogP contribution is -2.04. The number of ether oxygens (including phenoxy) is 1. The van der Waals surface area contributed by atoms with E-state index < -0.39 is 5.97 Å². The Morgan fingerprint density at radius 2 is 1.61 bits per heavy atom. The molecule has 0 amide bonds. The Labute approximate surface area is 141 Å². The van der Waals surface area contributed by atoms with Crippen LogP contribution in [0.5, 0.6) is 5.75 Å². The fourth-order valence-electron chi connectivity index (χ4n) is 2.08. The number of benzene rings is 2. The number of hydrogen-bond acceptors (Lipinski definition) is 2. The maximum absolute atomic E-state index is 11.1. The first-order chi connectivity index (χ1) is 11.0. The van der Waals surface area contributed by atoms with Gasteiger partial charge >= 0.3 is 5.97 Å². The van der Waals surface area contributed by atoms with Gasteiger partial charge in [0.05, 0.1) is 6.61 Å². The molecule has 120 valence electrons. The molecule has 2 aromatic rings. The lowest BCUT2D eigenvalue weighted by atomic mass is 9.97. The van der Waals surface area contributed by atoms with Crippen molar-refractivity contribution in [2.24, 2.45) is 5.92 Å². The highest BCUT2D eigenvalue weighted by Gasteiger charge is 2.08. The number of carboxylic acid groups (broad SMARTS) is 1. The first-order valence-corrected chi connectivity index (χ1v) is 7.77. The van der Waals surface area contributed by atoms with Crippen molar-refractivity contribution in [3.63, 3.8) is 0 Å². The Morgan fingerprint density at radius 3 is 2.09 bits per heavy atom. The van der Waals surface area contributed by atoms with Crippen molar-refractivity contribution in [3.05, 3.63) is 70.8 Å². The zero-order valence-corrected chi connectivity index (χ0v) is 13.9. The Bertz CT molecular complexity index is 686. The fourth-order valence-corrected chi connectivity index (χ4v) is 2.21. The van der Waals surface area contributed by atoms with E-state index in [1.54, 1.807) is 24.3 Å². The molecule has 0 unspecified atom stereocenters. The lowest BCUT2D eigenvalue weighted by Gasteiger charge is -2.11. The zero-order valence-electron chi connectivity index (χ0n) is 13.1. The number of rotatable bonds is 6. The van der Waals surface area contributed by atoms with Crippen LogP contribution in [0, 0.1) is 5.92 Å². The van der Waals surface area contributed by atoms with Gasteiger partial charge < -0.3 is 9.84 Å². The third-order valence-corrected chi connectivity index (χ3v) is 3.42. The molecule has 3 nitrogen and oxygen atoms in total. The van der Waals surface area contributed by atoms with Gasteiger partial charge in [0.2, 0.25) is 0 Å². The summed E-state index contributed by atoms with van der Waals surface area (Å²) in [6.07, 6.45) is 1.20. The Hall–Kier alpha value is -2.26. The largest absolute Gasteiger partial charge is 0.493 e. The van der Waals surface area contributed by atoms with E-state index in [0.717, 1.165) is 16.9 Å². The molecule has 0 radical (unpaired) electrons. The molecule has 0 saturated heterocycles. The molecule has 0 bridgehead atoms. The van der Waals surface area contributed by atoms with Crippen LogP contribution in [0.1, 0.15) is 25.0 Å². The Morgan fingerprint density at radius 1 is 1.09 bits per heavy atom. The minimum absolute atomic E-state index is 0.450. The molecule has 0 aliphatic carbocycles. The molecule has 0 aliphatic rings. The van der Waals surface area contributed by atoms with Gasteiger partial charge in [-0.1, -0.05) is 49.7 Å². The number of halogens is 1. The quantitative estimate of drug-likeness (QED) is 0.767. The average Bonchev–Trinajstić information content (AvgIpc) is 2.52. The monoisotopic (exact) mass is 330 g/mol. The van der Waals surface area contributed by atoms with E-state index in [1.807, 2.05) is 24.3 Å². The van der Waals surface area contributed by atoms with E-state index in [1.165, 1.54) is 6.08 Å². The van der Waals surface area contributed by atoms with Gasteiger partial charge in [0.25, 0.3) is 0 Å². The smallest absolute Gasteiger partial charge is 0.328 e. The van der Waals surface area contributed by atoms with Crippen molar-refractivity contribution in [3.8, 4) is 5.75 Å². The van der Waals surface area contributed by atoms with E-state index in [0.29, 0.717) is 23.1 Å². The molecule has 0 saturated carbocycles. The molecule has 1 N–H and O–H groups in total. The molecule has 0 aromatic heterocycles. The lowest BCUT2D eigenvalue weighted by molar-refractivity contribution is -0.131. The fraction of sp³-hybridized carbons (Fsp3) is 0.211. The van der Waals surface area contributed by atoms with Gasteiger partial charge in [0, 0.05) is 11.1 Å². The number of aliphatic carboxylic acids is 1. The molecule has 4 heteroatoms. The summed E-state index contributed by atoms with van der Waals surface area (Å²) < 4.78 is 5.65. The molecule has 0 aliphatic heterocycles. The highest BCUT2D eigenvalue weighted by atomic mass is 35.5. The van der Waals surface area contributed by atoms with E-state index >= 15 is 0 Å². The topological polar surface area (TPSA) is 46.5 Å². The predicted octanol–water partition coefficient (Wildman–Crippen LogP) is 4.89. The summed E-state index contributed by atoms with van der Waals surface area (Å²) in [6, 6.07) is 14.5. The highest BCUT2D eigenvalue weighted by molar-refractivity contribution is 6.30. The molecule has 2 aromatic carbocycles. The van der Waals surface area contributed by atoms with Crippen molar-refractivity contribution >= 4 is 23.1 Å². The van der Waals surface area contributed by atoms with E-state index in [-0.39, 0.29) is 0 Å². The van der Waals surface area contributed by atoms with Crippen molar-refractivity contribution in [2.45, 2.75) is 13.8 Å². The first kappa shape index (κ1) is 17.1. The van der Waals surface area contributed by atoms with Crippen molar-refractivity contribution in [2.75, 3.05) is 6.61 Å². The van der Waals surface area contributed by atoms with Crippen LogP contribution in [0.2, 0.25) is 5.02 Å². The Balaban J connectivity index is 2.29. The molecular formula is C19H19ClO3. The summed E-state index contributed by atoms with van der Waals surface area (Å²) >= 11 is 5.90. The van der Waals surface area contributed by atoms with Gasteiger partial charge in [0.1, 0.15) is 5.75 Å².